The number of halogens is 1. The van der Waals surface area contributed by atoms with Crippen molar-refractivity contribution in [1.82, 2.24) is 10.3 Å². The molecule has 1 heterocycles. The summed E-state index contributed by atoms with van der Waals surface area (Å²) in [4.78, 5) is 16.7. The summed E-state index contributed by atoms with van der Waals surface area (Å²) < 4.78 is 5.65. The van der Waals surface area contributed by atoms with Crippen LogP contribution in [-0.4, -0.2) is 17.4 Å². The van der Waals surface area contributed by atoms with Crippen LogP contribution in [0.5, 0.6) is 0 Å². The van der Waals surface area contributed by atoms with Crippen molar-refractivity contribution in [2.75, 3.05) is 6.54 Å². The molecule has 25 heavy (non-hydrogen) atoms. The molecule has 1 N–H and O–H groups in total. The molecule has 3 rings (SSSR count). The average molecular weight is 355 g/mol. The molecule has 0 bridgehead atoms. The van der Waals surface area contributed by atoms with E-state index in [-0.39, 0.29) is 5.91 Å². The normalized spacial score (nSPS) is 10.7. The fourth-order valence-electron chi connectivity index (χ4n) is 2.48. The standard InChI is InChI=1S/C20H19ClN2O2/c1-13-3-7-16(8-4-13)20-23-18(14(2)25-20)19(24)22-12-11-15-5-9-17(21)10-6-15/h3-10H,11-12H2,1-2H3,(H,22,24). The van der Waals surface area contributed by atoms with Gasteiger partial charge >= 0.3 is 0 Å². The molecule has 128 valence electrons. The minimum Gasteiger partial charge on any atom is -0.441 e. The van der Waals surface area contributed by atoms with Crippen molar-refractivity contribution in [3.05, 3.63) is 76.1 Å². The summed E-state index contributed by atoms with van der Waals surface area (Å²) in [6, 6.07) is 15.4. The van der Waals surface area contributed by atoms with E-state index in [0.717, 1.165) is 23.1 Å². The number of nitrogens with zero attached hydrogens (tertiary/aromatic N) is 1. The molecule has 0 aliphatic heterocycles. The minimum atomic E-state index is -0.228. The summed E-state index contributed by atoms with van der Waals surface area (Å²) in [5.41, 5.74) is 3.45. The summed E-state index contributed by atoms with van der Waals surface area (Å²) >= 11 is 5.87. The molecule has 5 heteroatoms. The van der Waals surface area contributed by atoms with Crippen LogP contribution in [0.1, 0.15) is 27.4 Å². The minimum absolute atomic E-state index is 0.228. The van der Waals surface area contributed by atoms with Gasteiger partial charge in [-0.05, 0) is 50.1 Å². The van der Waals surface area contributed by atoms with Crippen LogP contribution in [0.2, 0.25) is 5.02 Å². The number of benzene rings is 2. The maximum Gasteiger partial charge on any atom is 0.273 e. The lowest BCUT2D eigenvalue weighted by Crippen LogP contribution is -2.26. The Balaban J connectivity index is 1.64. The van der Waals surface area contributed by atoms with Gasteiger partial charge in [0, 0.05) is 17.1 Å². The lowest BCUT2D eigenvalue weighted by Gasteiger charge is -2.04. The summed E-state index contributed by atoms with van der Waals surface area (Å²) in [7, 11) is 0. The first-order chi connectivity index (χ1) is 12.0. The molecular formula is C20H19ClN2O2. The van der Waals surface area contributed by atoms with E-state index >= 15 is 0 Å². The Kier molecular flexibility index (Phi) is 5.19. The van der Waals surface area contributed by atoms with Crippen molar-refractivity contribution in [2.24, 2.45) is 0 Å². The Morgan fingerprint density at radius 3 is 2.44 bits per heavy atom. The van der Waals surface area contributed by atoms with Crippen LogP contribution >= 0.6 is 11.6 Å². The van der Waals surface area contributed by atoms with Gasteiger partial charge in [0.1, 0.15) is 5.76 Å². The molecule has 0 saturated heterocycles. The van der Waals surface area contributed by atoms with Crippen LogP contribution in [0.25, 0.3) is 11.5 Å². The molecule has 0 fully saturated rings. The molecule has 0 aliphatic rings. The van der Waals surface area contributed by atoms with Gasteiger partial charge in [0.05, 0.1) is 0 Å². The number of aryl methyl sites for hydroxylation is 2. The van der Waals surface area contributed by atoms with Crippen LogP contribution in [0.15, 0.2) is 52.9 Å². The topological polar surface area (TPSA) is 55.1 Å². The van der Waals surface area contributed by atoms with E-state index in [9.17, 15) is 4.79 Å². The predicted octanol–water partition coefficient (Wildman–Crippen LogP) is 4.58. The maximum atomic E-state index is 12.4. The molecule has 0 saturated carbocycles. The molecule has 0 aliphatic carbocycles. The third-order valence-electron chi connectivity index (χ3n) is 3.92. The van der Waals surface area contributed by atoms with E-state index in [2.05, 4.69) is 10.3 Å². The summed E-state index contributed by atoms with van der Waals surface area (Å²) in [5, 5.41) is 3.59. The number of oxazole rings is 1. The number of hydrogen-bond donors (Lipinski definition) is 1. The van der Waals surface area contributed by atoms with Crippen LogP contribution in [0.3, 0.4) is 0 Å². The van der Waals surface area contributed by atoms with Crippen molar-refractivity contribution in [1.29, 1.82) is 0 Å². The van der Waals surface area contributed by atoms with Gasteiger partial charge in [0.15, 0.2) is 5.69 Å². The van der Waals surface area contributed by atoms with E-state index in [4.69, 9.17) is 16.0 Å². The van der Waals surface area contributed by atoms with E-state index in [1.54, 1.807) is 6.92 Å². The zero-order valence-corrected chi connectivity index (χ0v) is 14.9. The zero-order valence-electron chi connectivity index (χ0n) is 14.2. The highest BCUT2D eigenvalue weighted by Crippen LogP contribution is 2.22. The lowest BCUT2D eigenvalue weighted by atomic mass is 10.1. The quantitative estimate of drug-likeness (QED) is 0.729. The summed E-state index contributed by atoms with van der Waals surface area (Å²) in [5.74, 6) is 0.744. The number of hydrogen-bond acceptors (Lipinski definition) is 3. The zero-order chi connectivity index (χ0) is 17.8. The van der Waals surface area contributed by atoms with Crippen molar-refractivity contribution >= 4 is 17.5 Å². The molecule has 2 aromatic carbocycles. The van der Waals surface area contributed by atoms with Gasteiger partial charge in [-0.2, -0.15) is 0 Å². The molecule has 1 amide bonds. The SMILES string of the molecule is Cc1ccc(-c2nc(C(=O)NCCc3ccc(Cl)cc3)c(C)o2)cc1. The van der Waals surface area contributed by atoms with Gasteiger partial charge in [-0.25, -0.2) is 4.98 Å². The second kappa shape index (κ2) is 7.53. The van der Waals surface area contributed by atoms with E-state index in [0.29, 0.717) is 28.9 Å². The Morgan fingerprint density at radius 1 is 1.08 bits per heavy atom. The number of nitrogens with one attached hydrogen (secondary N) is 1. The third kappa shape index (κ3) is 4.28. The second-order valence-corrected chi connectivity index (χ2v) is 6.36. The number of aromatic nitrogens is 1. The molecule has 0 radical (unpaired) electrons. The molecular weight excluding hydrogens is 336 g/mol. The highest BCUT2D eigenvalue weighted by atomic mass is 35.5. The monoisotopic (exact) mass is 354 g/mol. The van der Waals surface area contributed by atoms with Crippen molar-refractivity contribution in [3.63, 3.8) is 0 Å². The molecule has 3 aromatic rings. The van der Waals surface area contributed by atoms with Crippen LogP contribution in [-0.2, 0) is 6.42 Å². The van der Waals surface area contributed by atoms with Crippen LogP contribution in [0, 0.1) is 13.8 Å². The molecule has 4 nitrogen and oxygen atoms in total. The smallest absolute Gasteiger partial charge is 0.273 e. The molecule has 0 atom stereocenters. The van der Waals surface area contributed by atoms with Gasteiger partial charge < -0.3 is 9.73 Å². The van der Waals surface area contributed by atoms with Gasteiger partial charge in [0.25, 0.3) is 5.91 Å². The summed E-state index contributed by atoms with van der Waals surface area (Å²) in [6.07, 6.45) is 0.727. The fourth-order valence-corrected chi connectivity index (χ4v) is 2.61. The van der Waals surface area contributed by atoms with Gasteiger partial charge in [0.2, 0.25) is 5.89 Å². The Morgan fingerprint density at radius 2 is 1.76 bits per heavy atom. The average Bonchev–Trinajstić information content (AvgIpc) is 2.99. The number of rotatable bonds is 5. The second-order valence-electron chi connectivity index (χ2n) is 5.92. The summed E-state index contributed by atoms with van der Waals surface area (Å²) in [6.45, 7) is 4.29. The van der Waals surface area contributed by atoms with Crippen molar-refractivity contribution < 1.29 is 9.21 Å². The van der Waals surface area contributed by atoms with Gasteiger partial charge in [-0.15, -0.1) is 0 Å². The highest BCUT2D eigenvalue weighted by Gasteiger charge is 2.17. The largest absolute Gasteiger partial charge is 0.441 e. The van der Waals surface area contributed by atoms with E-state index in [1.165, 1.54) is 0 Å². The van der Waals surface area contributed by atoms with Crippen LogP contribution < -0.4 is 5.32 Å². The van der Waals surface area contributed by atoms with Gasteiger partial charge in [-0.1, -0.05) is 41.4 Å². The Hall–Kier alpha value is -2.59. The van der Waals surface area contributed by atoms with Crippen molar-refractivity contribution in [2.45, 2.75) is 20.3 Å². The fraction of sp³-hybridized carbons (Fsp3) is 0.200. The Bertz CT molecular complexity index is 868. The van der Waals surface area contributed by atoms with Crippen molar-refractivity contribution in [3.8, 4) is 11.5 Å². The lowest BCUT2D eigenvalue weighted by molar-refractivity contribution is 0.0948. The predicted molar refractivity (Wildman–Crippen MR) is 98.9 cm³/mol. The Labute approximate surface area is 151 Å². The highest BCUT2D eigenvalue weighted by molar-refractivity contribution is 6.30. The number of amides is 1. The van der Waals surface area contributed by atoms with Crippen LogP contribution in [0.4, 0.5) is 0 Å². The first kappa shape index (κ1) is 17.2. The van der Waals surface area contributed by atoms with E-state index < -0.39 is 0 Å². The molecule has 0 unspecified atom stereocenters. The molecule has 1 aromatic heterocycles. The number of carbonyl (C=O) groups is 1. The van der Waals surface area contributed by atoms with E-state index in [1.807, 2.05) is 55.5 Å². The van der Waals surface area contributed by atoms with Gasteiger partial charge in [-0.3, -0.25) is 4.79 Å². The first-order valence-corrected chi connectivity index (χ1v) is 8.48. The number of carbonyl (C=O) groups excluding carboxylic acids is 1. The molecule has 0 spiro atoms. The maximum absolute atomic E-state index is 12.4. The third-order valence-corrected chi connectivity index (χ3v) is 4.17. The first-order valence-electron chi connectivity index (χ1n) is 8.10.